The van der Waals surface area contributed by atoms with Crippen LogP contribution in [0.3, 0.4) is 0 Å². The molecule has 0 aliphatic carbocycles. The van der Waals surface area contributed by atoms with E-state index in [4.69, 9.17) is 5.11 Å². The molecule has 0 saturated heterocycles. The molecule has 5 heteroatoms. The van der Waals surface area contributed by atoms with Crippen molar-refractivity contribution in [1.29, 1.82) is 0 Å². The van der Waals surface area contributed by atoms with Gasteiger partial charge in [0, 0.05) is 0 Å². The number of carboxylic acid groups (broad SMARTS) is 1. The molecule has 2 N–H and O–H groups in total. The van der Waals surface area contributed by atoms with Gasteiger partial charge in [-0.1, -0.05) is 13.8 Å². The Labute approximate surface area is 75.3 Å². The summed E-state index contributed by atoms with van der Waals surface area (Å²) in [5.41, 5.74) is 0. The lowest BCUT2D eigenvalue weighted by Gasteiger charge is -2.13. The van der Waals surface area contributed by atoms with E-state index in [2.05, 4.69) is 5.32 Å². The van der Waals surface area contributed by atoms with Crippen LogP contribution in [-0.2, 0) is 0 Å². The number of hydrogen-bond acceptors (Lipinski definition) is 3. The molecule has 0 fully saturated rings. The molecule has 0 radical (unpaired) electrons. The zero-order valence-corrected chi connectivity index (χ0v) is 8.30. The molecular formula is C6H13NO2S2. The van der Waals surface area contributed by atoms with E-state index >= 15 is 0 Å². The van der Waals surface area contributed by atoms with Crippen molar-refractivity contribution in [2.75, 3.05) is 11.5 Å². The molecule has 0 aliphatic heterocycles. The second-order valence-corrected chi connectivity index (χ2v) is 4.75. The molecule has 0 heterocycles. The van der Waals surface area contributed by atoms with Gasteiger partial charge in [0.1, 0.15) is 4.71 Å². The van der Waals surface area contributed by atoms with Crippen molar-refractivity contribution in [3.8, 4) is 0 Å². The highest BCUT2D eigenvalue weighted by Gasteiger charge is 2.08. The zero-order chi connectivity index (χ0) is 8.69. The molecule has 66 valence electrons. The molecule has 3 nitrogen and oxygen atoms in total. The summed E-state index contributed by atoms with van der Waals surface area (Å²) in [6.45, 7) is 4.02. The Hall–Kier alpha value is -0.0300. The van der Waals surface area contributed by atoms with Gasteiger partial charge in [-0.25, -0.2) is 4.79 Å². The number of amides is 1. The van der Waals surface area contributed by atoms with Crippen molar-refractivity contribution in [3.63, 3.8) is 0 Å². The fourth-order valence-corrected chi connectivity index (χ4v) is 2.71. The van der Waals surface area contributed by atoms with Crippen LogP contribution < -0.4 is 5.32 Å². The number of thioether (sulfide) groups is 2. The van der Waals surface area contributed by atoms with Crippen LogP contribution in [0.5, 0.6) is 0 Å². The van der Waals surface area contributed by atoms with E-state index in [9.17, 15) is 4.79 Å². The normalized spacial score (nSPS) is 10.1. The molecular weight excluding hydrogens is 182 g/mol. The Balaban J connectivity index is 3.59. The molecule has 1 amide bonds. The summed E-state index contributed by atoms with van der Waals surface area (Å²) >= 11 is 3.20. The molecule has 0 aliphatic rings. The van der Waals surface area contributed by atoms with E-state index in [-0.39, 0.29) is 4.71 Å². The van der Waals surface area contributed by atoms with E-state index in [1.165, 1.54) is 0 Å². The van der Waals surface area contributed by atoms with E-state index in [0.717, 1.165) is 11.5 Å². The van der Waals surface area contributed by atoms with E-state index < -0.39 is 6.09 Å². The van der Waals surface area contributed by atoms with Gasteiger partial charge in [0.25, 0.3) is 0 Å². The second-order valence-electron chi connectivity index (χ2n) is 1.69. The van der Waals surface area contributed by atoms with Gasteiger partial charge in [0.2, 0.25) is 0 Å². The maximum absolute atomic E-state index is 10.2. The number of hydrogen-bond donors (Lipinski definition) is 2. The van der Waals surface area contributed by atoms with Crippen molar-refractivity contribution >= 4 is 29.6 Å². The predicted molar refractivity (Wildman–Crippen MR) is 51.2 cm³/mol. The highest BCUT2D eigenvalue weighted by Crippen LogP contribution is 2.19. The Morgan fingerprint density at radius 1 is 1.45 bits per heavy atom. The van der Waals surface area contributed by atoms with Crippen LogP contribution in [0, 0.1) is 0 Å². The Kier molecular flexibility index (Phi) is 6.65. The van der Waals surface area contributed by atoms with Crippen LogP contribution in [0.4, 0.5) is 4.79 Å². The molecule has 0 atom stereocenters. The quantitative estimate of drug-likeness (QED) is 0.659. The minimum absolute atomic E-state index is 0.0116. The molecule has 0 saturated carbocycles. The first kappa shape index (κ1) is 11.0. The molecule has 0 aromatic heterocycles. The van der Waals surface area contributed by atoms with E-state index in [0.29, 0.717) is 0 Å². The molecule has 0 rings (SSSR count). The van der Waals surface area contributed by atoms with Gasteiger partial charge in [-0.2, -0.15) is 0 Å². The van der Waals surface area contributed by atoms with Crippen LogP contribution in [0.15, 0.2) is 0 Å². The first-order chi connectivity index (χ1) is 5.20. The van der Waals surface area contributed by atoms with Gasteiger partial charge in [0.05, 0.1) is 0 Å². The van der Waals surface area contributed by atoms with E-state index in [1.54, 1.807) is 23.5 Å². The lowest BCUT2D eigenvalue weighted by atomic mass is 11.0. The zero-order valence-electron chi connectivity index (χ0n) is 6.66. The molecule has 0 unspecified atom stereocenters. The summed E-state index contributed by atoms with van der Waals surface area (Å²) in [6.07, 6.45) is -0.947. The third-order valence-corrected chi connectivity index (χ3v) is 3.20. The van der Waals surface area contributed by atoms with Gasteiger partial charge in [-0.3, -0.25) is 0 Å². The van der Waals surface area contributed by atoms with Crippen LogP contribution >= 0.6 is 23.5 Å². The SMILES string of the molecule is CCSC(NC(=O)O)SCC. The Morgan fingerprint density at radius 2 is 1.91 bits per heavy atom. The first-order valence-corrected chi connectivity index (χ1v) is 5.53. The first-order valence-electron chi connectivity index (χ1n) is 3.43. The van der Waals surface area contributed by atoms with Gasteiger partial charge in [0.15, 0.2) is 0 Å². The summed E-state index contributed by atoms with van der Waals surface area (Å²) in [6, 6.07) is 0. The maximum atomic E-state index is 10.2. The van der Waals surface area contributed by atoms with Crippen LogP contribution in [-0.4, -0.2) is 27.4 Å². The molecule has 0 spiro atoms. The third-order valence-electron chi connectivity index (χ3n) is 0.877. The van der Waals surface area contributed by atoms with Crippen molar-refractivity contribution in [2.24, 2.45) is 0 Å². The summed E-state index contributed by atoms with van der Waals surface area (Å²) in [5, 5.41) is 10.8. The maximum Gasteiger partial charge on any atom is 0.406 e. The highest BCUT2D eigenvalue weighted by atomic mass is 32.2. The Morgan fingerprint density at radius 3 is 2.18 bits per heavy atom. The van der Waals surface area contributed by atoms with Crippen molar-refractivity contribution in [2.45, 2.75) is 18.6 Å². The molecule has 0 bridgehead atoms. The van der Waals surface area contributed by atoms with Gasteiger partial charge in [-0.15, -0.1) is 23.5 Å². The standard InChI is InChI=1S/C6H13NO2S2/c1-3-10-6(11-4-2)7-5(8)9/h6-7H,3-4H2,1-2H3,(H,8,9). The molecule has 0 aromatic carbocycles. The summed E-state index contributed by atoms with van der Waals surface area (Å²) < 4.78 is -0.0116. The van der Waals surface area contributed by atoms with Gasteiger partial charge >= 0.3 is 6.09 Å². The Bertz CT molecular complexity index is 115. The highest BCUT2D eigenvalue weighted by molar-refractivity contribution is 8.16. The largest absolute Gasteiger partial charge is 0.465 e. The van der Waals surface area contributed by atoms with Gasteiger partial charge in [-0.05, 0) is 11.5 Å². The number of rotatable bonds is 5. The monoisotopic (exact) mass is 195 g/mol. The summed E-state index contributed by atoms with van der Waals surface area (Å²) in [4.78, 5) is 10.2. The van der Waals surface area contributed by atoms with Crippen molar-refractivity contribution < 1.29 is 9.90 Å². The minimum Gasteiger partial charge on any atom is -0.465 e. The number of carbonyl (C=O) groups is 1. The third kappa shape index (κ3) is 6.37. The average molecular weight is 195 g/mol. The second kappa shape index (κ2) is 6.67. The van der Waals surface area contributed by atoms with E-state index in [1.807, 2.05) is 13.8 Å². The predicted octanol–water partition coefficient (Wildman–Crippen LogP) is 2.04. The van der Waals surface area contributed by atoms with Gasteiger partial charge < -0.3 is 10.4 Å². The average Bonchev–Trinajstić information content (AvgIpc) is 1.87. The van der Waals surface area contributed by atoms with Crippen molar-refractivity contribution in [3.05, 3.63) is 0 Å². The molecule has 0 aromatic rings. The van der Waals surface area contributed by atoms with Crippen LogP contribution in [0.25, 0.3) is 0 Å². The van der Waals surface area contributed by atoms with Crippen molar-refractivity contribution in [1.82, 2.24) is 5.32 Å². The lowest BCUT2D eigenvalue weighted by Crippen LogP contribution is -2.28. The topological polar surface area (TPSA) is 49.3 Å². The smallest absolute Gasteiger partial charge is 0.406 e. The lowest BCUT2D eigenvalue weighted by molar-refractivity contribution is 0.195. The minimum atomic E-state index is -0.947. The fraction of sp³-hybridized carbons (Fsp3) is 0.833. The fourth-order valence-electron chi connectivity index (χ4n) is 0.535. The summed E-state index contributed by atoms with van der Waals surface area (Å²) in [5.74, 6) is 1.86. The number of nitrogens with one attached hydrogen (secondary N) is 1. The summed E-state index contributed by atoms with van der Waals surface area (Å²) in [7, 11) is 0. The molecule has 11 heavy (non-hydrogen) atoms. The van der Waals surface area contributed by atoms with Crippen LogP contribution in [0.1, 0.15) is 13.8 Å². The van der Waals surface area contributed by atoms with Crippen LogP contribution in [0.2, 0.25) is 0 Å².